The van der Waals surface area contributed by atoms with Gasteiger partial charge >= 0.3 is 0 Å². The Hall–Kier alpha value is -1.58. The zero-order chi connectivity index (χ0) is 23.6. The number of anilines is 1. The van der Waals surface area contributed by atoms with Crippen molar-refractivity contribution in [2.75, 3.05) is 56.5 Å². The molecular formula is C23H37ClN6O2S. The van der Waals surface area contributed by atoms with Gasteiger partial charge in [-0.1, -0.05) is 43.1 Å². The zero-order valence-electron chi connectivity index (χ0n) is 19.9. The molecule has 0 aliphatic carbocycles. The third-order valence-corrected chi connectivity index (χ3v) is 7.25. The number of hydrogen-bond acceptors (Lipinski definition) is 7. The highest BCUT2D eigenvalue weighted by Gasteiger charge is 2.28. The quantitative estimate of drug-likeness (QED) is 0.218. The van der Waals surface area contributed by atoms with Crippen LogP contribution in [0, 0.1) is 0 Å². The van der Waals surface area contributed by atoms with Crippen molar-refractivity contribution in [2.24, 2.45) is 0 Å². The first-order chi connectivity index (χ1) is 16.0. The summed E-state index contributed by atoms with van der Waals surface area (Å²) in [4.78, 5) is 40.2. The second kappa shape index (κ2) is 13.3. The largest absolute Gasteiger partial charge is 0.354 e. The number of nitrogens with one attached hydrogen (secondary N) is 1. The Bertz CT molecular complexity index is 792. The van der Waals surface area contributed by atoms with Crippen LogP contribution in [0.15, 0.2) is 11.2 Å². The van der Waals surface area contributed by atoms with E-state index in [4.69, 9.17) is 11.6 Å². The molecule has 1 N–H and O–H groups in total. The fourth-order valence-electron chi connectivity index (χ4n) is 4.36. The van der Waals surface area contributed by atoms with Gasteiger partial charge in [0.05, 0.1) is 5.75 Å². The maximum Gasteiger partial charge on any atom is 0.230 e. The van der Waals surface area contributed by atoms with Crippen LogP contribution in [0.3, 0.4) is 0 Å². The first-order valence-electron chi connectivity index (χ1n) is 12.2. The first-order valence-corrected chi connectivity index (χ1v) is 13.5. The van der Waals surface area contributed by atoms with E-state index in [1.54, 1.807) is 6.07 Å². The Morgan fingerprint density at radius 2 is 1.97 bits per heavy atom. The van der Waals surface area contributed by atoms with Gasteiger partial charge in [-0.15, -0.1) is 0 Å². The van der Waals surface area contributed by atoms with Gasteiger partial charge in [-0.05, 0) is 39.3 Å². The van der Waals surface area contributed by atoms with Gasteiger partial charge in [0.15, 0.2) is 5.16 Å². The molecule has 0 saturated carbocycles. The van der Waals surface area contributed by atoms with Crippen LogP contribution < -0.4 is 10.2 Å². The minimum Gasteiger partial charge on any atom is -0.354 e. The van der Waals surface area contributed by atoms with Gasteiger partial charge in [0.1, 0.15) is 11.0 Å². The van der Waals surface area contributed by atoms with E-state index in [9.17, 15) is 9.59 Å². The van der Waals surface area contributed by atoms with E-state index < -0.39 is 0 Å². The molecule has 0 aromatic carbocycles. The van der Waals surface area contributed by atoms with E-state index in [1.807, 2.05) is 4.90 Å². The van der Waals surface area contributed by atoms with Crippen LogP contribution in [0.25, 0.3) is 0 Å². The van der Waals surface area contributed by atoms with Crippen LogP contribution in [-0.2, 0) is 9.59 Å². The number of nitrogens with zero attached hydrogens (tertiary/aromatic N) is 5. The third-order valence-electron chi connectivity index (χ3n) is 6.21. The molecule has 3 heterocycles. The molecule has 0 radical (unpaired) electrons. The Balaban J connectivity index is 1.47. The minimum absolute atomic E-state index is 0.0202. The van der Waals surface area contributed by atoms with Gasteiger partial charge in [-0.25, -0.2) is 9.97 Å². The predicted molar refractivity (Wildman–Crippen MR) is 134 cm³/mol. The van der Waals surface area contributed by atoms with Gasteiger partial charge in [-0.3, -0.25) is 9.59 Å². The number of rotatable bonds is 11. The monoisotopic (exact) mass is 496 g/mol. The summed E-state index contributed by atoms with van der Waals surface area (Å²) < 4.78 is 0. The van der Waals surface area contributed by atoms with Crippen molar-refractivity contribution >= 4 is 41.0 Å². The summed E-state index contributed by atoms with van der Waals surface area (Å²) >= 11 is 7.56. The number of hydrogen-bond donors (Lipinski definition) is 1. The zero-order valence-corrected chi connectivity index (χ0v) is 21.5. The van der Waals surface area contributed by atoms with Crippen molar-refractivity contribution in [3.63, 3.8) is 0 Å². The number of halogens is 1. The molecule has 8 nitrogen and oxygen atoms in total. The van der Waals surface area contributed by atoms with Crippen LogP contribution in [0.5, 0.6) is 0 Å². The Labute approximate surface area is 206 Å². The fraction of sp³-hybridized carbons (Fsp3) is 0.739. The Morgan fingerprint density at radius 3 is 2.70 bits per heavy atom. The molecule has 10 heteroatoms. The fourth-order valence-corrected chi connectivity index (χ4v) is 5.27. The molecule has 3 rings (SSSR count). The van der Waals surface area contributed by atoms with Crippen LogP contribution in [-0.4, -0.2) is 89.2 Å². The molecule has 1 unspecified atom stereocenters. The standard InChI is InChI=1S/C23H37ClN6O2S/c1-3-4-5-8-22(32)30-14-13-29(16-18(30)2)20-15-19(24)26-23(27-20)33-17-21(31)25-9-12-28-10-6-7-11-28/h15,18H,3-14,16-17H2,1-2H3,(H,25,31). The lowest BCUT2D eigenvalue weighted by Crippen LogP contribution is -2.54. The number of piperazine rings is 1. The number of amides is 2. The van der Waals surface area contributed by atoms with Crippen LogP contribution >= 0.6 is 23.4 Å². The molecule has 1 aromatic heterocycles. The Morgan fingerprint density at radius 1 is 1.18 bits per heavy atom. The number of carbonyl (C=O) groups excluding carboxylic acids is 2. The van der Waals surface area contributed by atoms with Gasteiger partial charge in [-0.2, -0.15) is 0 Å². The van der Waals surface area contributed by atoms with Crippen molar-refractivity contribution in [3.05, 3.63) is 11.2 Å². The summed E-state index contributed by atoms with van der Waals surface area (Å²) in [6.07, 6.45) is 6.29. The predicted octanol–water partition coefficient (Wildman–Crippen LogP) is 3.05. The van der Waals surface area contributed by atoms with Crippen molar-refractivity contribution in [2.45, 2.75) is 63.6 Å². The second-order valence-electron chi connectivity index (χ2n) is 8.86. The highest BCUT2D eigenvalue weighted by molar-refractivity contribution is 7.99. The normalized spacial score (nSPS) is 19.2. The molecule has 2 fully saturated rings. The van der Waals surface area contributed by atoms with E-state index in [-0.39, 0.29) is 23.6 Å². The number of unbranched alkanes of at least 4 members (excludes halogenated alkanes) is 2. The molecule has 0 bridgehead atoms. The maximum absolute atomic E-state index is 12.6. The molecule has 0 spiro atoms. The summed E-state index contributed by atoms with van der Waals surface area (Å²) in [6, 6.07) is 1.87. The van der Waals surface area contributed by atoms with Gasteiger partial charge in [0, 0.05) is 51.3 Å². The maximum atomic E-state index is 12.6. The second-order valence-corrected chi connectivity index (χ2v) is 10.2. The summed E-state index contributed by atoms with van der Waals surface area (Å²) in [7, 11) is 0. The third kappa shape index (κ3) is 8.30. The molecule has 184 valence electrons. The molecular weight excluding hydrogens is 460 g/mol. The van der Waals surface area contributed by atoms with Crippen molar-refractivity contribution < 1.29 is 9.59 Å². The number of carbonyl (C=O) groups is 2. The molecule has 33 heavy (non-hydrogen) atoms. The average molecular weight is 497 g/mol. The number of thioether (sulfide) groups is 1. The van der Waals surface area contributed by atoms with E-state index in [0.717, 1.165) is 44.7 Å². The lowest BCUT2D eigenvalue weighted by atomic mass is 10.1. The highest BCUT2D eigenvalue weighted by Crippen LogP contribution is 2.24. The molecule has 1 aromatic rings. The van der Waals surface area contributed by atoms with Crippen molar-refractivity contribution in [1.29, 1.82) is 0 Å². The summed E-state index contributed by atoms with van der Waals surface area (Å²) in [5.74, 6) is 1.23. The SMILES string of the molecule is CCCCCC(=O)N1CCN(c2cc(Cl)nc(SCC(=O)NCCN3CCCC3)n2)CC1C. The number of likely N-dealkylation sites (tertiary alicyclic amines) is 1. The lowest BCUT2D eigenvalue weighted by Gasteiger charge is -2.40. The number of aromatic nitrogens is 2. The minimum atomic E-state index is -0.0202. The van der Waals surface area contributed by atoms with E-state index in [2.05, 4.69) is 38.9 Å². The topological polar surface area (TPSA) is 81.7 Å². The smallest absolute Gasteiger partial charge is 0.230 e. The van der Waals surface area contributed by atoms with E-state index in [1.165, 1.54) is 24.6 Å². The summed E-state index contributed by atoms with van der Waals surface area (Å²) in [6.45, 7) is 10.1. The van der Waals surface area contributed by atoms with Gasteiger partial charge < -0.3 is 20.0 Å². The van der Waals surface area contributed by atoms with E-state index >= 15 is 0 Å². The molecule has 2 aliphatic rings. The molecule has 1 atom stereocenters. The van der Waals surface area contributed by atoms with Gasteiger partial charge in [0.25, 0.3) is 0 Å². The van der Waals surface area contributed by atoms with Crippen LogP contribution in [0.4, 0.5) is 5.82 Å². The summed E-state index contributed by atoms with van der Waals surface area (Å²) in [5.41, 5.74) is 0. The highest BCUT2D eigenvalue weighted by atomic mass is 35.5. The molecule has 2 aliphatic heterocycles. The molecule has 2 saturated heterocycles. The van der Waals surface area contributed by atoms with Crippen LogP contribution in [0.2, 0.25) is 5.15 Å². The van der Waals surface area contributed by atoms with Crippen molar-refractivity contribution in [3.8, 4) is 0 Å². The van der Waals surface area contributed by atoms with E-state index in [0.29, 0.717) is 42.9 Å². The first kappa shape index (κ1) is 26.0. The average Bonchev–Trinajstić information content (AvgIpc) is 3.31. The van der Waals surface area contributed by atoms with Crippen molar-refractivity contribution in [1.82, 2.24) is 25.1 Å². The summed E-state index contributed by atoms with van der Waals surface area (Å²) in [5, 5.41) is 3.84. The molecule has 2 amide bonds. The van der Waals surface area contributed by atoms with Crippen LogP contribution in [0.1, 0.15) is 52.4 Å². The Kier molecular flexibility index (Phi) is 10.5. The van der Waals surface area contributed by atoms with Gasteiger partial charge in [0.2, 0.25) is 11.8 Å². The lowest BCUT2D eigenvalue weighted by molar-refractivity contribution is -0.133.